The first kappa shape index (κ1) is 9.28. The highest BCUT2D eigenvalue weighted by Gasteiger charge is 2.07. The number of nitrogens with two attached hydrogens (primary N) is 1. The van der Waals surface area contributed by atoms with Crippen molar-refractivity contribution < 1.29 is 0 Å². The van der Waals surface area contributed by atoms with E-state index >= 15 is 0 Å². The lowest BCUT2D eigenvalue weighted by atomic mass is 10.1. The number of aromatic nitrogens is 1. The van der Waals surface area contributed by atoms with E-state index in [1.807, 2.05) is 0 Å². The molecule has 0 fully saturated rings. The van der Waals surface area contributed by atoms with Gasteiger partial charge in [0.25, 0.3) is 0 Å². The van der Waals surface area contributed by atoms with Gasteiger partial charge in [0.15, 0.2) is 0 Å². The number of nitrogens with zero attached hydrogens (tertiary/aromatic N) is 1. The largest absolute Gasteiger partial charge is 0.348 e. The van der Waals surface area contributed by atoms with Gasteiger partial charge in [0.05, 0.1) is 0 Å². The lowest BCUT2D eigenvalue weighted by Gasteiger charge is -1.99. The summed E-state index contributed by atoms with van der Waals surface area (Å²) in [5.41, 5.74) is 10.8. The second-order valence-electron chi connectivity index (χ2n) is 3.83. The highest BCUT2D eigenvalue weighted by atomic mass is 14.9. The van der Waals surface area contributed by atoms with Gasteiger partial charge < -0.3 is 10.3 Å². The maximum Gasteiger partial charge on any atom is 0.0482 e. The first-order chi connectivity index (χ1) is 6.65. The lowest BCUT2D eigenvalue weighted by molar-refractivity contribution is 0.910. The monoisotopic (exact) mass is 188 g/mol. The number of benzene rings is 1. The molecule has 1 heterocycles. The van der Waals surface area contributed by atoms with Crippen molar-refractivity contribution in [1.82, 2.24) is 4.57 Å². The van der Waals surface area contributed by atoms with Gasteiger partial charge in [-0.2, -0.15) is 0 Å². The predicted molar refractivity (Wildman–Crippen MR) is 60.3 cm³/mol. The van der Waals surface area contributed by atoms with E-state index < -0.39 is 0 Å². The van der Waals surface area contributed by atoms with Crippen LogP contribution in [0.2, 0.25) is 0 Å². The van der Waals surface area contributed by atoms with E-state index in [-0.39, 0.29) is 0 Å². The van der Waals surface area contributed by atoms with Gasteiger partial charge in [-0.05, 0) is 37.1 Å². The van der Waals surface area contributed by atoms with Gasteiger partial charge in [0.2, 0.25) is 0 Å². The first-order valence-corrected chi connectivity index (χ1v) is 4.89. The van der Waals surface area contributed by atoms with Crippen molar-refractivity contribution in [1.29, 1.82) is 0 Å². The Labute approximate surface area is 84.3 Å². The molecule has 2 rings (SSSR count). The van der Waals surface area contributed by atoms with Crippen LogP contribution in [-0.2, 0) is 13.6 Å². The Bertz CT molecular complexity index is 481. The third kappa shape index (κ3) is 1.15. The molecule has 2 aromatic rings. The summed E-state index contributed by atoms with van der Waals surface area (Å²) in [5, 5.41) is 1.33. The summed E-state index contributed by atoms with van der Waals surface area (Å²) in [7, 11) is 2.10. The second-order valence-corrected chi connectivity index (χ2v) is 3.83. The van der Waals surface area contributed by atoms with Crippen molar-refractivity contribution in [3.8, 4) is 0 Å². The Morgan fingerprint density at radius 3 is 2.64 bits per heavy atom. The van der Waals surface area contributed by atoms with Gasteiger partial charge in [-0.1, -0.05) is 6.07 Å². The van der Waals surface area contributed by atoms with E-state index in [9.17, 15) is 0 Å². The average Bonchev–Trinajstić information content (AvgIpc) is 2.44. The molecule has 1 aromatic carbocycles. The smallest absolute Gasteiger partial charge is 0.0482 e. The summed E-state index contributed by atoms with van der Waals surface area (Å²) in [4.78, 5) is 0. The molecule has 0 unspecified atom stereocenters. The number of hydrogen-bond acceptors (Lipinski definition) is 1. The number of aryl methyl sites for hydroxylation is 2. The summed E-state index contributed by atoms with van der Waals surface area (Å²) in [6.07, 6.45) is 0. The minimum Gasteiger partial charge on any atom is -0.348 e. The van der Waals surface area contributed by atoms with Crippen LogP contribution >= 0.6 is 0 Å². The molecule has 0 aliphatic rings. The standard InChI is InChI=1S/C12H16N2/c1-8-9(2)14(3)12-5-4-10(7-13)6-11(8)12/h4-6H,7,13H2,1-3H3. The summed E-state index contributed by atoms with van der Waals surface area (Å²) in [5.74, 6) is 0. The Morgan fingerprint density at radius 1 is 1.29 bits per heavy atom. The molecule has 74 valence electrons. The Balaban J connectivity index is 2.82. The molecule has 0 saturated carbocycles. The lowest BCUT2D eigenvalue weighted by Crippen LogP contribution is -1.95. The maximum absolute atomic E-state index is 5.63. The maximum atomic E-state index is 5.63. The minimum atomic E-state index is 0.614. The summed E-state index contributed by atoms with van der Waals surface area (Å²) in [6.45, 7) is 4.93. The molecule has 2 N–H and O–H groups in total. The molecule has 2 nitrogen and oxygen atoms in total. The number of rotatable bonds is 1. The zero-order valence-corrected chi connectivity index (χ0v) is 8.96. The molecule has 0 amide bonds. The molecule has 14 heavy (non-hydrogen) atoms. The molecule has 1 aromatic heterocycles. The van der Waals surface area contributed by atoms with Gasteiger partial charge in [0, 0.05) is 30.2 Å². The van der Waals surface area contributed by atoms with Gasteiger partial charge in [-0.15, -0.1) is 0 Å². The fraction of sp³-hybridized carbons (Fsp3) is 0.333. The molecule has 0 saturated heterocycles. The van der Waals surface area contributed by atoms with E-state index in [1.165, 1.54) is 27.7 Å². The molecular weight excluding hydrogens is 172 g/mol. The van der Waals surface area contributed by atoms with Crippen LogP contribution in [-0.4, -0.2) is 4.57 Å². The third-order valence-electron chi connectivity index (χ3n) is 3.11. The van der Waals surface area contributed by atoms with Crippen molar-refractivity contribution in [3.05, 3.63) is 35.0 Å². The SMILES string of the molecule is Cc1c(C)n(C)c2ccc(CN)cc12. The van der Waals surface area contributed by atoms with Crippen molar-refractivity contribution in [3.63, 3.8) is 0 Å². The quantitative estimate of drug-likeness (QED) is 0.731. The Morgan fingerprint density at radius 2 is 2.00 bits per heavy atom. The van der Waals surface area contributed by atoms with Crippen molar-refractivity contribution in [2.45, 2.75) is 20.4 Å². The summed E-state index contributed by atoms with van der Waals surface area (Å²) in [6, 6.07) is 6.44. The highest BCUT2D eigenvalue weighted by molar-refractivity contribution is 5.85. The van der Waals surface area contributed by atoms with Crippen LogP contribution < -0.4 is 5.73 Å². The zero-order valence-electron chi connectivity index (χ0n) is 8.96. The van der Waals surface area contributed by atoms with Crippen LogP contribution in [0, 0.1) is 13.8 Å². The van der Waals surface area contributed by atoms with Crippen LogP contribution in [0.5, 0.6) is 0 Å². The predicted octanol–water partition coefficient (Wildman–Crippen LogP) is 2.25. The number of fused-ring (bicyclic) bond motifs is 1. The van der Waals surface area contributed by atoms with Crippen LogP contribution in [0.4, 0.5) is 0 Å². The Kier molecular flexibility index (Phi) is 2.08. The molecule has 0 radical (unpaired) electrons. The zero-order chi connectivity index (χ0) is 10.3. The highest BCUT2D eigenvalue weighted by Crippen LogP contribution is 2.24. The fourth-order valence-corrected chi connectivity index (χ4v) is 1.93. The van der Waals surface area contributed by atoms with Crippen LogP contribution in [0.1, 0.15) is 16.8 Å². The van der Waals surface area contributed by atoms with Crippen molar-refractivity contribution in [2.75, 3.05) is 0 Å². The number of hydrogen-bond donors (Lipinski definition) is 1. The van der Waals surface area contributed by atoms with Gasteiger partial charge in [0.1, 0.15) is 0 Å². The third-order valence-corrected chi connectivity index (χ3v) is 3.11. The van der Waals surface area contributed by atoms with Gasteiger partial charge >= 0.3 is 0 Å². The van der Waals surface area contributed by atoms with Crippen LogP contribution in [0.3, 0.4) is 0 Å². The molecule has 0 spiro atoms. The summed E-state index contributed by atoms with van der Waals surface area (Å²) < 4.78 is 2.23. The van der Waals surface area contributed by atoms with Crippen molar-refractivity contribution >= 4 is 10.9 Å². The Hall–Kier alpha value is -1.28. The van der Waals surface area contributed by atoms with Crippen LogP contribution in [0.25, 0.3) is 10.9 Å². The minimum absolute atomic E-state index is 0.614. The van der Waals surface area contributed by atoms with E-state index in [1.54, 1.807) is 0 Å². The molecular formula is C12H16N2. The van der Waals surface area contributed by atoms with Gasteiger partial charge in [-0.3, -0.25) is 0 Å². The van der Waals surface area contributed by atoms with Crippen molar-refractivity contribution in [2.24, 2.45) is 12.8 Å². The molecule has 0 atom stereocenters. The second kappa shape index (κ2) is 3.14. The van der Waals surface area contributed by atoms with E-state index in [0.717, 1.165) is 0 Å². The van der Waals surface area contributed by atoms with E-state index in [4.69, 9.17) is 5.73 Å². The van der Waals surface area contributed by atoms with Crippen LogP contribution in [0.15, 0.2) is 18.2 Å². The van der Waals surface area contributed by atoms with E-state index in [0.29, 0.717) is 6.54 Å². The molecule has 0 bridgehead atoms. The normalized spacial score (nSPS) is 11.1. The first-order valence-electron chi connectivity index (χ1n) is 4.89. The molecule has 0 aliphatic carbocycles. The topological polar surface area (TPSA) is 30.9 Å². The fourth-order valence-electron chi connectivity index (χ4n) is 1.93. The van der Waals surface area contributed by atoms with E-state index in [2.05, 4.69) is 43.7 Å². The molecule has 0 aliphatic heterocycles. The van der Waals surface area contributed by atoms with Gasteiger partial charge in [-0.25, -0.2) is 0 Å². The summed E-state index contributed by atoms with van der Waals surface area (Å²) >= 11 is 0. The average molecular weight is 188 g/mol. The molecule has 2 heteroatoms.